The highest BCUT2D eigenvalue weighted by Gasteiger charge is 2.27. The lowest BCUT2D eigenvalue weighted by Crippen LogP contribution is -2.45. The third kappa shape index (κ3) is 5.13. The van der Waals surface area contributed by atoms with E-state index in [-0.39, 0.29) is 30.0 Å². The summed E-state index contributed by atoms with van der Waals surface area (Å²) in [5.74, 6) is -1.27. The van der Waals surface area contributed by atoms with E-state index in [1.165, 1.54) is 31.2 Å². The summed E-state index contributed by atoms with van der Waals surface area (Å²) in [5, 5.41) is 10.7. The molecule has 3 rings (SSSR count). The van der Waals surface area contributed by atoms with Crippen molar-refractivity contribution in [1.82, 2.24) is 5.32 Å². The lowest BCUT2D eigenvalue weighted by atomic mass is 10.1. The van der Waals surface area contributed by atoms with Crippen molar-refractivity contribution >= 4 is 40.7 Å². The van der Waals surface area contributed by atoms with Gasteiger partial charge in [0.05, 0.1) is 6.42 Å². The average molecular weight is 383 g/mol. The Balaban J connectivity index is 1.67. The Labute approximate surface area is 160 Å². The van der Waals surface area contributed by atoms with Crippen LogP contribution < -0.4 is 21.3 Å². The van der Waals surface area contributed by atoms with Gasteiger partial charge in [-0.1, -0.05) is 0 Å². The van der Waals surface area contributed by atoms with Gasteiger partial charge in [-0.25, -0.2) is 9.38 Å². The minimum atomic E-state index is -0.910. The Morgan fingerprint density at radius 3 is 2.18 bits per heavy atom. The first kappa shape index (κ1) is 19.0. The summed E-state index contributed by atoms with van der Waals surface area (Å²) in [7, 11) is 0. The van der Waals surface area contributed by atoms with E-state index < -0.39 is 11.9 Å². The zero-order valence-electron chi connectivity index (χ0n) is 15.0. The monoisotopic (exact) mass is 383 g/mol. The van der Waals surface area contributed by atoms with Crippen LogP contribution in [0, 0.1) is 5.82 Å². The molecule has 1 aliphatic heterocycles. The molecule has 0 saturated heterocycles. The Bertz CT molecular complexity index is 926. The largest absolute Gasteiger partial charge is 0.326 e. The molecular weight excluding hydrogens is 365 g/mol. The summed E-state index contributed by atoms with van der Waals surface area (Å²) < 4.78 is 13.0. The highest BCUT2D eigenvalue weighted by Crippen LogP contribution is 2.16. The summed E-state index contributed by atoms with van der Waals surface area (Å²) in [4.78, 5) is 39.6. The maximum absolute atomic E-state index is 13.0. The summed E-state index contributed by atoms with van der Waals surface area (Å²) in [6.45, 7) is 1.40. The molecule has 1 atom stereocenters. The molecule has 0 bridgehead atoms. The number of carbonyl (C=O) groups is 3. The highest BCUT2D eigenvalue weighted by molar-refractivity contribution is 6.10. The van der Waals surface area contributed by atoms with E-state index in [4.69, 9.17) is 0 Å². The number of halogens is 1. The van der Waals surface area contributed by atoms with E-state index in [0.717, 1.165) is 0 Å². The maximum Gasteiger partial charge on any atom is 0.249 e. The molecule has 0 saturated carbocycles. The van der Waals surface area contributed by atoms with E-state index in [2.05, 4.69) is 26.3 Å². The predicted octanol–water partition coefficient (Wildman–Crippen LogP) is 2.08. The van der Waals surface area contributed by atoms with Crippen LogP contribution in [-0.2, 0) is 14.4 Å². The van der Waals surface area contributed by atoms with Crippen molar-refractivity contribution in [2.75, 3.05) is 16.0 Å². The van der Waals surface area contributed by atoms with Crippen molar-refractivity contribution in [1.29, 1.82) is 0 Å². The van der Waals surface area contributed by atoms with Crippen LogP contribution in [0.15, 0.2) is 53.5 Å². The third-order valence-electron chi connectivity index (χ3n) is 3.80. The smallest absolute Gasteiger partial charge is 0.249 e. The minimum Gasteiger partial charge on any atom is -0.326 e. The van der Waals surface area contributed by atoms with E-state index in [0.29, 0.717) is 17.1 Å². The second-order valence-corrected chi connectivity index (χ2v) is 6.13. The van der Waals surface area contributed by atoms with Gasteiger partial charge in [-0.05, 0) is 48.5 Å². The Morgan fingerprint density at radius 1 is 1.00 bits per heavy atom. The summed E-state index contributed by atoms with van der Waals surface area (Å²) in [6.07, 6.45) is -0.0929. The molecule has 0 unspecified atom stereocenters. The first-order chi connectivity index (χ1) is 13.4. The first-order valence-electron chi connectivity index (χ1n) is 8.48. The summed E-state index contributed by atoms with van der Waals surface area (Å²) in [5.41, 5.74) is 1.63. The average Bonchev–Trinajstić information content (AvgIpc) is 2.64. The molecule has 1 heterocycles. The van der Waals surface area contributed by atoms with Crippen LogP contribution in [0.3, 0.4) is 0 Å². The van der Waals surface area contributed by atoms with Gasteiger partial charge in [0, 0.05) is 24.0 Å². The van der Waals surface area contributed by atoms with Crippen LogP contribution >= 0.6 is 0 Å². The number of anilines is 3. The molecule has 0 spiro atoms. The summed E-state index contributed by atoms with van der Waals surface area (Å²) >= 11 is 0. The van der Waals surface area contributed by atoms with E-state index in [9.17, 15) is 18.8 Å². The number of carbonyl (C=O) groups excluding carboxylic acids is 3. The van der Waals surface area contributed by atoms with Gasteiger partial charge in [-0.3, -0.25) is 19.7 Å². The molecular formula is C19H18FN5O3. The standard InChI is InChI=1S/C19H18FN5O3/c1-11(26)21-13-6-8-14(9-7-13)22-18(28)16-10-17(27)25-19(24-16)23-15-4-2-12(20)3-5-15/h2-9,16H,10H2,1H3,(H,21,26)(H,22,28)(H2,23,24,25,27)/t16-/m1/s1. The molecule has 1 aliphatic rings. The van der Waals surface area contributed by atoms with Crippen LogP contribution in [0.2, 0.25) is 0 Å². The SMILES string of the molecule is CC(=O)Nc1ccc(NC(=O)[C@H]2CC(=O)NC(Nc3ccc(F)cc3)=N2)cc1. The van der Waals surface area contributed by atoms with Gasteiger partial charge in [0.15, 0.2) is 0 Å². The van der Waals surface area contributed by atoms with Crippen molar-refractivity contribution < 1.29 is 18.8 Å². The van der Waals surface area contributed by atoms with Crippen LogP contribution in [0.25, 0.3) is 0 Å². The fourth-order valence-corrected chi connectivity index (χ4v) is 2.54. The molecule has 2 aromatic carbocycles. The highest BCUT2D eigenvalue weighted by atomic mass is 19.1. The lowest BCUT2D eigenvalue weighted by Gasteiger charge is -2.21. The molecule has 9 heteroatoms. The molecule has 144 valence electrons. The number of amides is 3. The van der Waals surface area contributed by atoms with E-state index in [1.807, 2.05) is 0 Å². The zero-order chi connectivity index (χ0) is 20.1. The minimum absolute atomic E-state index is 0.0929. The number of hydrogen-bond acceptors (Lipinski definition) is 5. The van der Waals surface area contributed by atoms with Crippen molar-refractivity contribution in [2.24, 2.45) is 4.99 Å². The Morgan fingerprint density at radius 2 is 1.57 bits per heavy atom. The third-order valence-corrected chi connectivity index (χ3v) is 3.80. The molecule has 4 N–H and O–H groups in total. The quantitative estimate of drug-likeness (QED) is 0.648. The normalized spacial score (nSPS) is 15.9. The Kier molecular flexibility index (Phi) is 5.64. The van der Waals surface area contributed by atoms with Crippen molar-refractivity contribution in [3.05, 3.63) is 54.3 Å². The number of guanidine groups is 1. The number of aliphatic imine (C=N–C) groups is 1. The van der Waals surface area contributed by atoms with Gasteiger partial charge in [-0.2, -0.15) is 0 Å². The van der Waals surface area contributed by atoms with Gasteiger partial charge in [0.25, 0.3) is 0 Å². The van der Waals surface area contributed by atoms with E-state index in [1.54, 1.807) is 24.3 Å². The molecule has 0 aliphatic carbocycles. The van der Waals surface area contributed by atoms with Gasteiger partial charge >= 0.3 is 0 Å². The van der Waals surface area contributed by atoms with E-state index >= 15 is 0 Å². The zero-order valence-corrected chi connectivity index (χ0v) is 15.0. The van der Waals surface area contributed by atoms with Crippen LogP contribution in [-0.4, -0.2) is 29.7 Å². The van der Waals surface area contributed by atoms with Crippen molar-refractivity contribution in [3.8, 4) is 0 Å². The predicted molar refractivity (Wildman–Crippen MR) is 103 cm³/mol. The molecule has 3 amide bonds. The fourth-order valence-electron chi connectivity index (χ4n) is 2.54. The molecule has 2 aromatic rings. The Hall–Kier alpha value is -3.75. The molecule has 0 fully saturated rings. The van der Waals surface area contributed by atoms with Gasteiger partial charge in [0.1, 0.15) is 11.9 Å². The molecule has 28 heavy (non-hydrogen) atoms. The van der Waals surface area contributed by atoms with Crippen LogP contribution in [0.5, 0.6) is 0 Å². The van der Waals surface area contributed by atoms with Gasteiger partial charge in [-0.15, -0.1) is 0 Å². The van der Waals surface area contributed by atoms with Crippen molar-refractivity contribution in [2.45, 2.75) is 19.4 Å². The second-order valence-electron chi connectivity index (χ2n) is 6.13. The number of hydrogen-bond donors (Lipinski definition) is 4. The first-order valence-corrected chi connectivity index (χ1v) is 8.48. The van der Waals surface area contributed by atoms with Gasteiger partial charge in [0.2, 0.25) is 23.7 Å². The number of rotatable bonds is 4. The number of nitrogens with one attached hydrogen (secondary N) is 4. The van der Waals surface area contributed by atoms with Crippen LogP contribution in [0.4, 0.5) is 21.5 Å². The number of nitrogens with zero attached hydrogens (tertiary/aromatic N) is 1. The summed E-state index contributed by atoms with van der Waals surface area (Å²) in [6, 6.07) is 11.2. The maximum atomic E-state index is 13.0. The van der Waals surface area contributed by atoms with Crippen molar-refractivity contribution in [3.63, 3.8) is 0 Å². The molecule has 8 nitrogen and oxygen atoms in total. The molecule has 0 aromatic heterocycles. The van der Waals surface area contributed by atoms with Crippen LogP contribution in [0.1, 0.15) is 13.3 Å². The second kappa shape index (κ2) is 8.30. The lowest BCUT2D eigenvalue weighted by molar-refractivity contribution is -0.124. The molecule has 0 radical (unpaired) electrons. The fraction of sp³-hybridized carbons (Fsp3) is 0.158. The number of benzene rings is 2. The van der Waals surface area contributed by atoms with Gasteiger partial charge < -0.3 is 16.0 Å². The topological polar surface area (TPSA) is 112 Å².